The number of non-ortho nitro benzene ring substituents is 1. The predicted molar refractivity (Wildman–Crippen MR) is 105 cm³/mol. The molecule has 146 valence electrons. The zero-order chi connectivity index (χ0) is 20.5. The normalized spacial score (nSPS) is 10.0. The van der Waals surface area contributed by atoms with Crippen molar-refractivity contribution >= 4 is 50.8 Å². The first-order chi connectivity index (χ1) is 13.3. The average Bonchev–Trinajstić information content (AvgIpc) is 2.67. The lowest BCUT2D eigenvalue weighted by Gasteiger charge is -2.07. The Morgan fingerprint density at radius 1 is 0.893 bits per heavy atom. The van der Waals surface area contributed by atoms with Crippen molar-refractivity contribution in [3.63, 3.8) is 0 Å². The van der Waals surface area contributed by atoms with Gasteiger partial charge in [0.1, 0.15) is 0 Å². The molecular weight excluding hydrogens is 434 g/mol. The van der Waals surface area contributed by atoms with Crippen LogP contribution in [0.2, 0.25) is 0 Å². The van der Waals surface area contributed by atoms with Gasteiger partial charge in [-0.25, -0.2) is 0 Å². The van der Waals surface area contributed by atoms with Crippen molar-refractivity contribution < 1.29 is 24.0 Å². The SMILES string of the molecule is O=C(CCC(=O)OCC(=O)Nc1ccc(Br)cc1)Nc1ccc([N+](=O)[O-])cc1. The summed E-state index contributed by atoms with van der Waals surface area (Å²) in [5.74, 6) is -1.64. The number of ether oxygens (including phenoxy) is 1. The number of nitro benzene ring substituents is 1. The maximum atomic E-state index is 11.8. The van der Waals surface area contributed by atoms with Crippen molar-refractivity contribution in [2.45, 2.75) is 12.8 Å². The van der Waals surface area contributed by atoms with Gasteiger partial charge in [0.15, 0.2) is 6.61 Å². The first-order valence-electron chi connectivity index (χ1n) is 8.09. The molecule has 0 saturated heterocycles. The summed E-state index contributed by atoms with van der Waals surface area (Å²) in [6.45, 7) is -0.459. The number of esters is 1. The molecule has 0 aliphatic heterocycles. The van der Waals surface area contributed by atoms with Crippen LogP contribution >= 0.6 is 15.9 Å². The Morgan fingerprint density at radius 2 is 1.43 bits per heavy atom. The highest BCUT2D eigenvalue weighted by molar-refractivity contribution is 9.10. The second-order valence-corrected chi connectivity index (χ2v) is 6.48. The van der Waals surface area contributed by atoms with Gasteiger partial charge in [-0.05, 0) is 36.4 Å². The quantitative estimate of drug-likeness (QED) is 0.361. The molecule has 0 unspecified atom stereocenters. The van der Waals surface area contributed by atoms with E-state index in [-0.39, 0.29) is 18.5 Å². The summed E-state index contributed by atoms with van der Waals surface area (Å²) in [6.07, 6.45) is -0.353. The van der Waals surface area contributed by atoms with Crippen LogP contribution in [0.5, 0.6) is 0 Å². The second-order valence-electron chi connectivity index (χ2n) is 5.57. The summed E-state index contributed by atoms with van der Waals surface area (Å²) in [4.78, 5) is 45.2. The monoisotopic (exact) mass is 449 g/mol. The number of hydrogen-bond donors (Lipinski definition) is 2. The van der Waals surface area contributed by atoms with Crippen LogP contribution in [0.3, 0.4) is 0 Å². The zero-order valence-electron chi connectivity index (χ0n) is 14.5. The minimum absolute atomic E-state index is 0.0945. The van der Waals surface area contributed by atoms with Gasteiger partial charge in [0.25, 0.3) is 11.6 Å². The van der Waals surface area contributed by atoms with Gasteiger partial charge >= 0.3 is 5.97 Å². The fourth-order valence-electron chi connectivity index (χ4n) is 2.05. The minimum Gasteiger partial charge on any atom is -0.456 e. The minimum atomic E-state index is -0.690. The molecule has 0 fully saturated rings. The third-order valence-electron chi connectivity index (χ3n) is 3.41. The van der Waals surface area contributed by atoms with Gasteiger partial charge < -0.3 is 15.4 Å². The lowest BCUT2D eigenvalue weighted by molar-refractivity contribution is -0.384. The molecule has 0 spiro atoms. The van der Waals surface area contributed by atoms with Gasteiger partial charge in [0.2, 0.25) is 5.91 Å². The third-order valence-corrected chi connectivity index (χ3v) is 3.94. The van der Waals surface area contributed by atoms with Crippen molar-refractivity contribution in [1.29, 1.82) is 0 Å². The van der Waals surface area contributed by atoms with E-state index in [0.29, 0.717) is 11.4 Å². The molecule has 0 heterocycles. The van der Waals surface area contributed by atoms with E-state index in [9.17, 15) is 24.5 Å². The van der Waals surface area contributed by atoms with Gasteiger partial charge in [-0.15, -0.1) is 0 Å². The molecule has 9 nitrogen and oxygen atoms in total. The van der Waals surface area contributed by atoms with Crippen molar-refractivity contribution in [1.82, 2.24) is 0 Å². The highest BCUT2D eigenvalue weighted by Crippen LogP contribution is 2.16. The fraction of sp³-hybridized carbons (Fsp3) is 0.167. The Labute approximate surface area is 168 Å². The van der Waals surface area contributed by atoms with Crippen LogP contribution in [0.1, 0.15) is 12.8 Å². The lowest BCUT2D eigenvalue weighted by atomic mass is 10.2. The molecule has 0 radical (unpaired) electrons. The van der Waals surface area contributed by atoms with Crippen LogP contribution in [0.15, 0.2) is 53.0 Å². The number of nitro groups is 1. The Balaban J connectivity index is 1.68. The van der Waals surface area contributed by atoms with E-state index in [1.165, 1.54) is 24.3 Å². The summed E-state index contributed by atoms with van der Waals surface area (Å²) in [6, 6.07) is 12.2. The van der Waals surface area contributed by atoms with Crippen molar-refractivity contribution in [2.24, 2.45) is 0 Å². The molecule has 2 rings (SSSR count). The summed E-state index contributed by atoms with van der Waals surface area (Å²) in [7, 11) is 0. The van der Waals surface area contributed by atoms with Crippen LogP contribution in [0, 0.1) is 10.1 Å². The Kier molecular flexibility index (Phi) is 7.64. The van der Waals surface area contributed by atoms with Crippen LogP contribution in [-0.2, 0) is 19.1 Å². The molecule has 0 aliphatic rings. The number of halogens is 1. The largest absolute Gasteiger partial charge is 0.456 e. The summed E-state index contributed by atoms with van der Waals surface area (Å²) in [5.41, 5.74) is 0.840. The number of carbonyl (C=O) groups excluding carboxylic acids is 3. The lowest BCUT2D eigenvalue weighted by Crippen LogP contribution is -2.21. The second kappa shape index (κ2) is 10.2. The highest BCUT2D eigenvalue weighted by Gasteiger charge is 2.12. The molecule has 2 N–H and O–H groups in total. The molecule has 2 aromatic carbocycles. The average molecular weight is 450 g/mol. The smallest absolute Gasteiger partial charge is 0.306 e. The number of carbonyl (C=O) groups is 3. The van der Waals surface area contributed by atoms with Crippen LogP contribution in [-0.4, -0.2) is 29.3 Å². The van der Waals surface area contributed by atoms with Gasteiger partial charge in [-0.1, -0.05) is 15.9 Å². The maximum Gasteiger partial charge on any atom is 0.306 e. The summed E-state index contributed by atoms with van der Waals surface area (Å²) >= 11 is 3.28. The number of amides is 2. The van der Waals surface area contributed by atoms with Crippen LogP contribution in [0.4, 0.5) is 17.1 Å². The van der Waals surface area contributed by atoms with E-state index in [1.54, 1.807) is 24.3 Å². The zero-order valence-corrected chi connectivity index (χ0v) is 16.1. The topological polar surface area (TPSA) is 128 Å². The molecule has 0 bridgehead atoms. The Bertz CT molecular complexity index is 868. The molecule has 28 heavy (non-hydrogen) atoms. The Morgan fingerprint density at radius 3 is 2.00 bits per heavy atom. The number of hydrogen-bond acceptors (Lipinski definition) is 6. The number of nitrogens with one attached hydrogen (secondary N) is 2. The van der Waals surface area contributed by atoms with E-state index in [1.807, 2.05) is 0 Å². The molecule has 0 atom stereocenters. The van der Waals surface area contributed by atoms with E-state index in [0.717, 1.165) is 4.47 Å². The molecule has 0 aromatic heterocycles. The van der Waals surface area contributed by atoms with Crippen LogP contribution in [0.25, 0.3) is 0 Å². The third kappa shape index (κ3) is 7.16. The highest BCUT2D eigenvalue weighted by atomic mass is 79.9. The Hall–Kier alpha value is -3.27. The van der Waals surface area contributed by atoms with E-state index in [4.69, 9.17) is 4.74 Å². The molecular formula is C18H16BrN3O6. The molecule has 2 aromatic rings. The summed E-state index contributed by atoms with van der Waals surface area (Å²) < 4.78 is 5.69. The van der Waals surface area contributed by atoms with Crippen LogP contribution < -0.4 is 10.6 Å². The van der Waals surface area contributed by atoms with Gasteiger partial charge in [-0.2, -0.15) is 0 Å². The van der Waals surface area contributed by atoms with Crippen molar-refractivity contribution in [3.05, 3.63) is 63.1 Å². The van der Waals surface area contributed by atoms with E-state index >= 15 is 0 Å². The number of anilines is 2. The van der Waals surface area contributed by atoms with Crippen molar-refractivity contribution in [3.8, 4) is 0 Å². The first kappa shape index (κ1) is 21.0. The standard InChI is InChI=1S/C18H16BrN3O6/c19-12-1-3-13(4-2-12)21-17(24)11-28-18(25)10-9-16(23)20-14-5-7-15(8-6-14)22(26)27/h1-8H,9-11H2,(H,20,23)(H,21,24). The van der Waals surface area contributed by atoms with Crippen molar-refractivity contribution in [2.75, 3.05) is 17.2 Å². The maximum absolute atomic E-state index is 11.8. The van der Waals surface area contributed by atoms with Gasteiger partial charge in [0, 0.05) is 34.4 Å². The molecule has 2 amide bonds. The number of rotatable bonds is 8. The number of benzene rings is 2. The molecule has 0 saturated carbocycles. The summed E-state index contributed by atoms with van der Waals surface area (Å²) in [5, 5.41) is 15.7. The van der Waals surface area contributed by atoms with Gasteiger partial charge in [0.05, 0.1) is 11.3 Å². The van der Waals surface area contributed by atoms with Gasteiger partial charge in [-0.3, -0.25) is 24.5 Å². The number of nitrogens with zero attached hydrogens (tertiary/aromatic N) is 1. The first-order valence-corrected chi connectivity index (χ1v) is 8.88. The fourth-order valence-corrected chi connectivity index (χ4v) is 2.32. The molecule has 10 heteroatoms. The van der Waals surface area contributed by atoms with E-state index < -0.39 is 29.3 Å². The van der Waals surface area contributed by atoms with E-state index in [2.05, 4.69) is 26.6 Å². The molecule has 0 aliphatic carbocycles. The predicted octanol–water partition coefficient (Wildman–Crippen LogP) is 3.26.